The molecule has 1 heterocycles. The van der Waals surface area contributed by atoms with Crippen molar-refractivity contribution in [1.29, 1.82) is 0 Å². The van der Waals surface area contributed by atoms with E-state index in [1.807, 2.05) is 35.3 Å². The fourth-order valence-corrected chi connectivity index (χ4v) is 1.99. The first-order valence-corrected chi connectivity index (χ1v) is 7.07. The zero-order valence-electron chi connectivity index (χ0n) is 10.9. The number of ether oxygens (including phenoxy) is 1. The highest BCUT2D eigenvalue weighted by molar-refractivity contribution is 7.80. The van der Waals surface area contributed by atoms with Crippen molar-refractivity contribution in [2.75, 3.05) is 31.6 Å². The molecule has 0 aromatic heterocycles. The molecule has 6 nitrogen and oxygen atoms in total. The summed E-state index contributed by atoms with van der Waals surface area (Å²) >= 11 is 10.3. The van der Waals surface area contributed by atoms with E-state index >= 15 is 0 Å². The quantitative estimate of drug-likeness (QED) is 0.468. The molecule has 1 aliphatic rings. The van der Waals surface area contributed by atoms with Gasteiger partial charge < -0.3 is 10.1 Å². The number of hydrazine groups is 2. The van der Waals surface area contributed by atoms with Gasteiger partial charge in [0.15, 0.2) is 10.2 Å². The lowest BCUT2D eigenvalue weighted by atomic mass is 10.3. The molecule has 0 spiro atoms. The van der Waals surface area contributed by atoms with Gasteiger partial charge in [-0.2, -0.15) is 0 Å². The van der Waals surface area contributed by atoms with Crippen molar-refractivity contribution < 1.29 is 4.74 Å². The van der Waals surface area contributed by atoms with Gasteiger partial charge in [-0.1, -0.05) is 18.2 Å². The first-order chi connectivity index (χ1) is 9.74. The third-order valence-corrected chi connectivity index (χ3v) is 2.99. The molecule has 1 aromatic rings. The van der Waals surface area contributed by atoms with Crippen molar-refractivity contribution in [3.63, 3.8) is 0 Å². The second-order valence-corrected chi connectivity index (χ2v) is 4.93. The molecule has 1 aromatic carbocycles. The van der Waals surface area contributed by atoms with E-state index in [0.717, 1.165) is 18.8 Å². The van der Waals surface area contributed by atoms with Gasteiger partial charge in [-0.3, -0.25) is 16.3 Å². The Labute approximate surface area is 128 Å². The van der Waals surface area contributed by atoms with E-state index in [1.54, 1.807) is 0 Å². The number of hydrogen-bond acceptors (Lipinski definition) is 4. The van der Waals surface area contributed by atoms with Crippen molar-refractivity contribution in [2.45, 2.75) is 0 Å². The van der Waals surface area contributed by atoms with Gasteiger partial charge >= 0.3 is 0 Å². The molecule has 20 heavy (non-hydrogen) atoms. The van der Waals surface area contributed by atoms with Gasteiger partial charge in [0.25, 0.3) is 0 Å². The first-order valence-electron chi connectivity index (χ1n) is 6.25. The van der Waals surface area contributed by atoms with Crippen molar-refractivity contribution in [2.24, 2.45) is 0 Å². The van der Waals surface area contributed by atoms with Crippen LogP contribution in [0.5, 0.6) is 0 Å². The molecule has 0 amide bonds. The van der Waals surface area contributed by atoms with Crippen LogP contribution in [0.25, 0.3) is 0 Å². The Morgan fingerprint density at radius 3 is 2.35 bits per heavy atom. The standard InChI is InChI=1S/C12H17N5OS2/c19-11(13-10-4-2-1-3-5-10)14-15-12(20)16-17-6-8-18-9-7-17/h1-5H,6-9H2,(H2,13,14,19)(H2,15,16,20). The molecule has 8 heteroatoms. The van der Waals surface area contributed by atoms with Gasteiger partial charge in [0.1, 0.15) is 0 Å². The molecule has 0 aliphatic carbocycles. The maximum atomic E-state index is 5.25. The average Bonchev–Trinajstić information content (AvgIpc) is 2.47. The Balaban J connectivity index is 1.66. The molecule has 1 aliphatic heterocycles. The van der Waals surface area contributed by atoms with E-state index in [9.17, 15) is 0 Å². The van der Waals surface area contributed by atoms with Gasteiger partial charge in [-0.15, -0.1) is 0 Å². The minimum Gasteiger partial charge on any atom is -0.379 e. The molecule has 0 atom stereocenters. The molecule has 4 N–H and O–H groups in total. The maximum absolute atomic E-state index is 5.25. The van der Waals surface area contributed by atoms with E-state index < -0.39 is 0 Å². The maximum Gasteiger partial charge on any atom is 0.199 e. The molecule has 0 radical (unpaired) electrons. The van der Waals surface area contributed by atoms with Gasteiger partial charge in [0.2, 0.25) is 0 Å². The third kappa shape index (κ3) is 5.25. The zero-order valence-corrected chi connectivity index (χ0v) is 12.5. The second kappa shape index (κ2) is 7.95. The monoisotopic (exact) mass is 311 g/mol. The number of benzene rings is 1. The van der Waals surface area contributed by atoms with Crippen LogP contribution in [-0.4, -0.2) is 41.5 Å². The fraction of sp³-hybridized carbons (Fsp3) is 0.333. The van der Waals surface area contributed by atoms with Gasteiger partial charge in [0.05, 0.1) is 13.2 Å². The summed E-state index contributed by atoms with van der Waals surface area (Å²) in [4.78, 5) is 0. The Hall–Kier alpha value is -1.48. The minimum absolute atomic E-state index is 0.447. The predicted octanol–water partition coefficient (Wildman–Crippen LogP) is 0.599. The second-order valence-electron chi connectivity index (χ2n) is 4.11. The van der Waals surface area contributed by atoms with Crippen molar-refractivity contribution in [3.8, 4) is 0 Å². The Morgan fingerprint density at radius 2 is 1.65 bits per heavy atom. The smallest absolute Gasteiger partial charge is 0.199 e. The van der Waals surface area contributed by atoms with Crippen molar-refractivity contribution >= 4 is 40.3 Å². The molecule has 0 unspecified atom stereocenters. The van der Waals surface area contributed by atoms with Crippen LogP contribution in [0.15, 0.2) is 30.3 Å². The molecule has 0 saturated carbocycles. The number of hydrogen-bond donors (Lipinski definition) is 4. The fourth-order valence-electron chi connectivity index (χ4n) is 1.64. The molecule has 2 rings (SSSR count). The number of rotatable bonds is 2. The Morgan fingerprint density at radius 1 is 1.00 bits per heavy atom. The van der Waals surface area contributed by atoms with Crippen LogP contribution in [0.1, 0.15) is 0 Å². The Bertz CT molecular complexity index is 450. The highest BCUT2D eigenvalue weighted by Gasteiger charge is 2.10. The molecule has 0 bridgehead atoms. The summed E-state index contributed by atoms with van der Waals surface area (Å²) in [5, 5.41) is 5.94. The molecular weight excluding hydrogens is 294 g/mol. The van der Waals surface area contributed by atoms with Crippen LogP contribution >= 0.6 is 24.4 Å². The number of para-hydroxylation sites is 1. The normalized spacial score (nSPS) is 15.2. The van der Waals surface area contributed by atoms with Crippen molar-refractivity contribution in [3.05, 3.63) is 30.3 Å². The summed E-state index contributed by atoms with van der Waals surface area (Å²) in [6.07, 6.45) is 0. The van der Waals surface area contributed by atoms with E-state index in [2.05, 4.69) is 21.6 Å². The summed E-state index contributed by atoms with van der Waals surface area (Å²) < 4.78 is 5.25. The minimum atomic E-state index is 0.447. The highest BCUT2D eigenvalue weighted by Crippen LogP contribution is 2.03. The highest BCUT2D eigenvalue weighted by atomic mass is 32.1. The topological polar surface area (TPSA) is 60.6 Å². The van der Waals surface area contributed by atoms with Crippen LogP contribution < -0.4 is 21.6 Å². The third-order valence-electron chi connectivity index (χ3n) is 2.59. The molecule has 108 valence electrons. The van der Waals surface area contributed by atoms with Crippen LogP contribution in [0.4, 0.5) is 5.69 Å². The summed E-state index contributed by atoms with van der Waals surface area (Å²) in [5.74, 6) is 0. The average molecular weight is 311 g/mol. The van der Waals surface area contributed by atoms with Crippen LogP contribution in [0, 0.1) is 0 Å². The largest absolute Gasteiger partial charge is 0.379 e. The molecule has 1 saturated heterocycles. The molecular formula is C12H17N5OS2. The lowest BCUT2D eigenvalue weighted by Gasteiger charge is -2.28. The summed E-state index contributed by atoms with van der Waals surface area (Å²) in [6.45, 7) is 3.01. The van der Waals surface area contributed by atoms with E-state index in [-0.39, 0.29) is 0 Å². The number of nitrogens with zero attached hydrogens (tertiary/aromatic N) is 1. The number of morpholine rings is 1. The van der Waals surface area contributed by atoms with Crippen LogP contribution in [0.2, 0.25) is 0 Å². The number of anilines is 1. The zero-order chi connectivity index (χ0) is 14.2. The summed E-state index contributed by atoms with van der Waals surface area (Å²) in [6, 6.07) is 9.67. The lowest BCUT2D eigenvalue weighted by molar-refractivity contribution is 0.0246. The lowest BCUT2D eigenvalue weighted by Crippen LogP contribution is -2.55. The van der Waals surface area contributed by atoms with E-state index in [1.165, 1.54) is 0 Å². The Kier molecular flexibility index (Phi) is 5.93. The van der Waals surface area contributed by atoms with Crippen LogP contribution in [-0.2, 0) is 4.74 Å². The van der Waals surface area contributed by atoms with Gasteiger partial charge in [-0.25, -0.2) is 5.01 Å². The van der Waals surface area contributed by atoms with Gasteiger partial charge in [-0.05, 0) is 36.6 Å². The first kappa shape index (κ1) is 14.9. The predicted molar refractivity (Wildman–Crippen MR) is 87.1 cm³/mol. The summed E-state index contributed by atoms with van der Waals surface area (Å²) in [5.41, 5.74) is 9.64. The van der Waals surface area contributed by atoms with E-state index in [0.29, 0.717) is 23.4 Å². The van der Waals surface area contributed by atoms with Crippen LogP contribution in [0.3, 0.4) is 0 Å². The van der Waals surface area contributed by atoms with E-state index in [4.69, 9.17) is 29.2 Å². The number of nitrogens with one attached hydrogen (secondary N) is 4. The van der Waals surface area contributed by atoms with Crippen molar-refractivity contribution in [1.82, 2.24) is 21.3 Å². The number of thiocarbonyl (C=S) groups is 2. The SMILES string of the molecule is S=C(NNC(=S)NN1CCOCC1)Nc1ccccc1. The summed E-state index contributed by atoms with van der Waals surface area (Å²) in [7, 11) is 0. The van der Waals surface area contributed by atoms with Gasteiger partial charge in [0, 0.05) is 18.8 Å². The molecule has 1 fully saturated rings.